The van der Waals surface area contributed by atoms with Crippen molar-refractivity contribution in [3.8, 4) is 43.0 Å². The first-order chi connectivity index (χ1) is 28.9. The van der Waals surface area contributed by atoms with Crippen molar-refractivity contribution in [2.75, 3.05) is 23.6 Å². The normalized spacial score (nSPS) is 14.5. The third kappa shape index (κ3) is 7.53. The van der Waals surface area contributed by atoms with Crippen molar-refractivity contribution in [1.29, 1.82) is 0 Å². The van der Waals surface area contributed by atoms with Gasteiger partial charge in [-0.15, -0.1) is 22.7 Å². The molecular weight excluding hydrogens is 773 g/mol. The molecule has 0 saturated carbocycles. The van der Waals surface area contributed by atoms with Crippen LogP contribution in [0.2, 0.25) is 0 Å². The zero-order valence-corrected chi connectivity index (χ0v) is 34.4. The lowest BCUT2D eigenvalue weighted by molar-refractivity contribution is -0.129. The molecule has 0 fully saturated rings. The maximum atomic E-state index is 13.5. The Balaban J connectivity index is 1.03. The van der Waals surface area contributed by atoms with Gasteiger partial charge in [0.05, 0.1) is 39.5 Å². The van der Waals surface area contributed by atoms with Crippen LogP contribution in [0.15, 0.2) is 144 Å². The highest BCUT2D eigenvalue weighted by Crippen LogP contribution is 2.43. The number of aliphatic carboxylic acids is 1. The molecule has 5 heterocycles. The molecule has 0 spiro atoms. The Morgan fingerprint density at radius 3 is 2.24 bits per heavy atom. The smallest absolute Gasteiger partial charge is 0.357 e. The molecule has 294 valence electrons. The summed E-state index contributed by atoms with van der Waals surface area (Å²) in [6.45, 7) is 3.25. The number of carboxylic acid groups (broad SMARTS) is 1. The maximum absolute atomic E-state index is 13.5. The molecule has 3 aromatic heterocycles. The van der Waals surface area contributed by atoms with Gasteiger partial charge in [0, 0.05) is 33.4 Å². The van der Waals surface area contributed by atoms with Crippen molar-refractivity contribution < 1.29 is 19.4 Å². The third-order valence-corrected chi connectivity index (χ3v) is 13.1. The summed E-state index contributed by atoms with van der Waals surface area (Å²) in [6, 6.07) is 45.5. The Bertz CT molecular complexity index is 2720. The summed E-state index contributed by atoms with van der Waals surface area (Å²) >= 11 is 3.26. The highest BCUT2D eigenvalue weighted by atomic mass is 32.1. The number of carboxylic acids is 1. The number of hydrogen-bond donors (Lipinski definition) is 1. The van der Waals surface area contributed by atoms with E-state index in [1.807, 2.05) is 30.3 Å². The van der Waals surface area contributed by atoms with Gasteiger partial charge >= 0.3 is 5.97 Å². The van der Waals surface area contributed by atoms with E-state index in [1.54, 1.807) is 48.8 Å². The zero-order chi connectivity index (χ0) is 40.5. The van der Waals surface area contributed by atoms with Crippen molar-refractivity contribution >= 4 is 63.4 Å². The van der Waals surface area contributed by atoms with Gasteiger partial charge in [-0.2, -0.15) is 10.1 Å². The van der Waals surface area contributed by atoms with E-state index >= 15 is 0 Å². The summed E-state index contributed by atoms with van der Waals surface area (Å²) < 4.78 is 7.74. The van der Waals surface area contributed by atoms with Crippen LogP contribution in [0.3, 0.4) is 0 Å². The predicted molar refractivity (Wildman–Crippen MR) is 242 cm³/mol. The minimum Gasteiger partial charge on any atom is -0.497 e. The first-order valence-corrected chi connectivity index (χ1v) is 21.5. The molecule has 1 amide bonds. The third-order valence-electron chi connectivity index (χ3n) is 10.9. The quantitative estimate of drug-likeness (QED) is 0.124. The number of nitrogens with zero attached hydrogens (tertiary/aromatic N) is 4. The van der Waals surface area contributed by atoms with E-state index in [4.69, 9.17) is 4.74 Å². The zero-order valence-electron chi connectivity index (χ0n) is 32.8. The van der Waals surface area contributed by atoms with E-state index in [0.29, 0.717) is 5.69 Å². The molecule has 0 radical (unpaired) electrons. The number of aromatic nitrogens is 1. The summed E-state index contributed by atoms with van der Waals surface area (Å²) in [5.41, 5.74) is 9.79. The van der Waals surface area contributed by atoms with E-state index in [9.17, 15) is 14.7 Å². The van der Waals surface area contributed by atoms with Gasteiger partial charge in [-0.1, -0.05) is 49.7 Å². The SMILES string of the molecule is CCCCc1ccc(N2CCCc3cc(-c4ccc(-c5ccc(-c6ccc(/C=C7\C(=O)N(c8ccccc8)N=C7C(=O)O)s6)n5-c5ccc(OC)cc5)s4)ccc32)cc1. The number of thiophene rings is 2. The fourth-order valence-electron chi connectivity index (χ4n) is 7.86. The van der Waals surface area contributed by atoms with Gasteiger partial charge in [0.2, 0.25) is 0 Å². The minimum absolute atomic E-state index is 0.0402. The van der Waals surface area contributed by atoms with E-state index in [-0.39, 0.29) is 11.3 Å². The molecule has 0 atom stereocenters. The van der Waals surface area contributed by atoms with E-state index < -0.39 is 11.9 Å². The van der Waals surface area contributed by atoms with Crippen molar-refractivity contribution in [2.45, 2.75) is 39.0 Å². The van der Waals surface area contributed by atoms with Gasteiger partial charge in [-0.05, 0) is 146 Å². The van der Waals surface area contributed by atoms with Gasteiger partial charge in [0.15, 0.2) is 5.71 Å². The molecule has 0 bridgehead atoms. The fourth-order valence-corrected chi connectivity index (χ4v) is 9.85. The first kappa shape index (κ1) is 38.1. The predicted octanol–water partition coefficient (Wildman–Crippen LogP) is 11.9. The number of hydrazone groups is 1. The summed E-state index contributed by atoms with van der Waals surface area (Å²) in [4.78, 5) is 32.2. The Hall–Kier alpha value is -6.49. The van der Waals surface area contributed by atoms with Gasteiger partial charge in [0.1, 0.15) is 5.75 Å². The molecule has 1 N–H and O–H groups in total. The number of fused-ring (bicyclic) bond motifs is 1. The van der Waals surface area contributed by atoms with Crippen molar-refractivity contribution in [2.24, 2.45) is 5.10 Å². The Morgan fingerprint density at radius 1 is 0.797 bits per heavy atom. The maximum Gasteiger partial charge on any atom is 0.357 e. The van der Waals surface area contributed by atoms with Gasteiger partial charge in [0.25, 0.3) is 5.91 Å². The Morgan fingerprint density at radius 2 is 1.51 bits per heavy atom. The summed E-state index contributed by atoms with van der Waals surface area (Å²) in [6.07, 6.45) is 7.35. The van der Waals surface area contributed by atoms with E-state index in [1.165, 1.54) is 57.1 Å². The lowest BCUT2D eigenvalue weighted by Crippen LogP contribution is -2.24. The Kier molecular flexibility index (Phi) is 10.6. The second-order valence-electron chi connectivity index (χ2n) is 14.6. The number of carbonyl (C=O) groups excluding carboxylic acids is 1. The number of anilines is 3. The van der Waals surface area contributed by atoms with Gasteiger partial charge in [-0.25, -0.2) is 4.79 Å². The number of para-hydroxylation sites is 1. The van der Waals surface area contributed by atoms with Gasteiger partial charge < -0.3 is 19.3 Å². The van der Waals surface area contributed by atoms with Crippen LogP contribution in [-0.2, 0) is 22.4 Å². The molecule has 10 heteroatoms. The van der Waals surface area contributed by atoms with E-state index in [2.05, 4.69) is 100 Å². The standard InChI is InChI=1S/C49H42N4O4S2/c1-3-4-9-32-13-16-35(17-14-32)51-29-8-10-33-30-34(15-23-41(33)51)44-27-28-46(59-44)43-25-24-42(52(43)36-18-20-38(57-2)21-19-36)45-26-22-39(58-45)31-40-47(49(55)56)50-53(48(40)54)37-11-6-5-7-12-37/h5-7,11-28,30-31H,3-4,8-10,29H2,1-2H3,(H,55,56)/b40-31-. The lowest BCUT2D eigenvalue weighted by atomic mass is 9.97. The number of unbranched alkanes of at least 4 members (excludes halogenated alkanes) is 1. The molecular formula is C49H42N4O4S2. The van der Waals surface area contributed by atoms with Crippen LogP contribution in [-0.4, -0.2) is 40.9 Å². The van der Waals surface area contributed by atoms with E-state index in [0.717, 1.165) is 68.3 Å². The number of benzene rings is 4. The molecule has 0 unspecified atom stereocenters. The molecule has 0 aliphatic carbocycles. The van der Waals surface area contributed by atoms with Crippen LogP contribution in [0, 0.1) is 0 Å². The average Bonchev–Trinajstić information content (AvgIpc) is 4.10. The number of carbonyl (C=O) groups is 2. The van der Waals surface area contributed by atoms with Crippen LogP contribution in [0.4, 0.5) is 17.1 Å². The molecule has 9 rings (SSSR count). The monoisotopic (exact) mass is 814 g/mol. The van der Waals surface area contributed by atoms with Crippen LogP contribution in [0.5, 0.6) is 5.75 Å². The van der Waals surface area contributed by atoms with Crippen molar-refractivity contribution in [3.05, 3.63) is 155 Å². The highest BCUT2D eigenvalue weighted by Gasteiger charge is 2.35. The highest BCUT2D eigenvalue weighted by molar-refractivity contribution is 7.18. The van der Waals surface area contributed by atoms with Gasteiger partial charge in [-0.3, -0.25) is 4.79 Å². The first-order valence-electron chi connectivity index (χ1n) is 19.9. The number of amides is 1. The number of aryl methyl sites for hydroxylation is 2. The van der Waals surface area contributed by atoms with Crippen LogP contribution < -0.4 is 14.6 Å². The number of ether oxygens (including phenoxy) is 1. The molecule has 7 aromatic rings. The molecule has 8 nitrogen and oxygen atoms in total. The Labute approximate surface area is 351 Å². The lowest BCUT2D eigenvalue weighted by Gasteiger charge is -2.32. The minimum atomic E-state index is -1.26. The summed E-state index contributed by atoms with van der Waals surface area (Å²) in [5.74, 6) is -0.970. The number of hydrogen-bond acceptors (Lipinski definition) is 7. The topological polar surface area (TPSA) is 87.4 Å². The average molecular weight is 815 g/mol. The molecule has 2 aliphatic heterocycles. The largest absolute Gasteiger partial charge is 0.497 e. The second-order valence-corrected chi connectivity index (χ2v) is 16.8. The van der Waals surface area contributed by atoms with Crippen molar-refractivity contribution in [1.82, 2.24) is 4.57 Å². The fraction of sp³-hybridized carbons (Fsp3) is 0.163. The van der Waals surface area contributed by atoms with Crippen LogP contribution >= 0.6 is 22.7 Å². The van der Waals surface area contributed by atoms with Crippen LogP contribution in [0.25, 0.3) is 43.3 Å². The number of methoxy groups -OCH3 is 1. The summed E-state index contributed by atoms with van der Waals surface area (Å²) in [5, 5.41) is 15.3. The molecule has 2 aliphatic rings. The van der Waals surface area contributed by atoms with Crippen LogP contribution in [0.1, 0.15) is 42.2 Å². The second kappa shape index (κ2) is 16.4. The van der Waals surface area contributed by atoms with Crippen molar-refractivity contribution in [3.63, 3.8) is 0 Å². The molecule has 4 aromatic carbocycles. The number of rotatable bonds is 12. The summed E-state index contributed by atoms with van der Waals surface area (Å²) in [7, 11) is 1.66. The molecule has 0 saturated heterocycles. The molecule has 59 heavy (non-hydrogen) atoms.